The van der Waals surface area contributed by atoms with E-state index in [0.29, 0.717) is 0 Å². The third-order valence-electron chi connectivity index (χ3n) is 8.15. The minimum absolute atomic E-state index is 0.887. The molecule has 0 atom stereocenters. The predicted molar refractivity (Wildman–Crippen MR) is 181 cm³/mol. The first kappa shape index (κ1) is 24.4. The zero-order valence-electron chi connectivity index (χ0n) is 22.7. The summed E-state index contributed by atoms with van der Waals surface area (Å²) in [7, 11) is 0. The van der Waals surface area contributed by atoms with Crippen molar-refractivity contribution in [3.05, 3.63) is 127 Å². The van der Waals surface area contributed by atoms with Crippen LogP contribution in [0.1, 0.15) is 0 Å². The largest absolute Gasteiger partial charge is 0.310 e. The van der Waals surface area contributed by atoms with Crippen LogP contribution in [0.2, 0.25) is 0 Å². The summed E-state index contributed by atoms with van der Waals surface area (Å²) in [5.74, 6) is 0. The molecule has 5 nitrogen and oxygen atoms in total. The summed E-state index contributed by atoms with van der Waals surface area (Å²) in [4.78, 5) is 2.25. The number of hydrogen-bond acceptors (Lipinski definition) is 7. The Balaban J connectivity index is 1.14. The van der Waals surface area contributed by atoms with Gasteiger partial charge in [-0.1, -0.05) is 66.7 Å². The van der Waals surface area contributed by atoms with E-state index in [9.17, 15) is 0 Å². The molecule has 0 amide bonds. The Bertz CT molecular complexity index is 2420. The lowest BCUT2D eigenvalue weighted by molar-refractivity contribution is 1.30. The fourth-order valence-electron chi connectivity index (χ4n) is 6.01. The minimum atomic E-state index is 0.887. The Kier molecular flexibility index (Phi) is 5.47. The van der Waals surface area contributed by atoms with Crippen molar-refractivity contribution in [1.29, 1.82) is 0 Å². The normalized spacial score (nSPS) is 11.7. The fraction of sp³-hybridized carbons (Fsp3) is 0. The van der Waals surface area contributed by atoms with Gasteiger partial charge in [0.25, 0.3) is 0 Å². The van der Waals surface area contributed by atoms with Crippen molar-refractivity contribution in [3.8, 4) is 11.1 Å². The van der Waals surface area contributed by atoms with Gasteiger partial charge >= 0.3 is 0 Å². The van der Waals surface area contributed by atoms with E-state index in [4.69, 9.17) is 0 Å². The number of rotatable bonds is 4. The smallest absolute Gasteiger partial charge is 0.106 e. The molecule has 43 heavy (non-hydrogen) atoms. The number of benzene rings is 7. The molecule has 2 heterocycles. The molecule has 7 aromatic carbocycles. The monoisotopic (exact) mass is 587 g/mol. The highest BCUT2D eigenvalue weighted by molar-refractivity contribution is 7.00. The Morgan fingerprint density at radius 3 is 1.65 bits per heavy atom. The second kappa shape index (κ2) is 9.66. The first-order valence-electron chi connectivity index (χ1n) is 14.0. The van der Waals surface area contributed by atoms with Crippen molar-refractivity contribution < 1.29 is 0 Å². The van der Waals surface area contributed by atoms with E-state index in [1.165, 1.54) is 66.9 Å². The second-order valence-corrected chi connectivity index (χ2v) is 11.7. The van der Waals surface area contributed by atoms with Crippen LogP contribution >= 0.6 is 23.5 Å². The maximum atomic E-state index is 4.50. The van der Waals surface area contributed by atoms with Gasteiger partial charge in [0.1, 0.15) is 22.1 Å². The maximum absolute atomic E-state index is 4.50. The molecule has 0 N–H and O–H groups in total. The van der Waals surface area contributed by atoms with E-state index in [1.807, 2.05) is 12.1 Å². The van der Waals surface area contributed by atoms with Crippen LogP contribution in [0.4, 0.5) is 17.1 Å². The summed E-state index contributed by atoms with van der Waals surface area (Å²) in [6, 6.07) is 45.6. The predicted octanol–water partition coefficient (Wildman–Crippen LogP) is 10.3. The highest BCUT2D eigenvalue weighted by Gasteiger charge is 2.16. The van der Waals surface area contributed by atoms with Gasteiger partial charge in [-0.3, -0.25) is 0 Å². The van der Waals surface area contributed by atoms with Crippen molar-refractivity contribution in [2.45, 2.75) is 0 Å². The number of fused-ring (bicyclic) bond motifs is 6. The molecule has 7 heteroatoms. The lowest BCUT2D eigenvalue weighted by Crippen LogP contribution is -2.10. The zero-order valence-corrected chi connectivity index (χ0v) is 24.3. The van der Waals surface area contributed by atoms with Crippen molar-refractivity contribution in [2.24, 2.45) is 0 Å². The summed E-state index contributed by atoms with van der Waals surface area (Å²) in [6.07, 6.45) is 0. The molecule has 0 fully saturated rings. The summed E-state index contributed by atoms with van der Waals surface area (Å²) in [6.45, 7) is 0. The van der Waals surface area contributed by atoms with Crippen molar-refractivity contribution in [3.63, 3.8) is 0 Å². The molecule has 0 bridgehead atoms. The summed E-state index contributed by atoms with van der Waals surface area (Å²) in [5.41, 5.74) is 9.09. The van der Waals surface area contributed by atoms with E-state index < -0.39 is 0 Å². The minimum Gasteiger partial charge on any atom is -0.310 e. The number of hydrogen-bond donors (Lipinski definition) is 0. The molecule has 2 aromatic heterocycles. The van der Waals surface area contributed by atoms with E-state index in [-0.39, 0.29) is 0 Å². The topological polar surface area (TPSA) is 54.8 Å². The third-order valence-corrected chi connectivity index (χ3v) is 9.26. The van der Waals surface area contributed by atoms with Gasteiger partial charge in [0.15, 0.2) is 0 Å². The van der Waals surface area contributed by atoms with Crippen molar-refractivity contribution in [2.75, 3.05) is 4.90 Å². The Hall–Kier alpha value is -5.24. The van der Waals surface area contributed by atoms with Gasteiger partial charge in [0.2, 0.25) is 0 Å². The van der Waals surface area contributed by atoms with Crippen LogP contribution in [0, 0.1) is 0 Å². The van der Waals surface area contributed by atoms with Crippen LogP contribution in [-0.2, 0) is 0 Å². The molecule has 9 rings (SSSR count). The van der Waals surface area contributed by atoms with E-state index >= 15 is 0 Å². The van der Waals surface area contributed by atoms with Crippen LogP contribution in [0.5, 0.6) is 0 Å². The Labute approximate surface area is 254 Å². The number of anilines is 3. The Morgan fingerprint density at radius 1 is 0.372 bits per heavy atom. The van der Waals surface area contributed by atoms with E-state index in [1.54, 1.807) is 0 Å². The van der Waals surface area contributed by atoms with Crippen molar-refractivity contribution in [1.82, 2.24) is 17.5 Å². The SMILES string of the molecule is c1ccc2c(c1)ccc1cc(-c3ccc4cc(N(c5ccc6nsnc6c5)c5ccc6nsnc6c5)ccc4c3)ccc12. The number of aromatic nitrogens is 4. The molecular weight excluding hydrogens is 567 g/mol. The van der Waals surface area contributed by atoms with Gasteiger partial charge in [-0.25, -0.2) is 0 Å². The quantitative estimate of drug-likeness (QED) is 0.192. The Morgan fingerprint density at radius 2 is 0.884 bits per heavy atom. The molecule has 0 spiro atoms. The highest BCUT2D eigenvalue weighted by atomic mass is 32.1. The van der Waals surface area contributed by atoms with Gasteiger partial charge in [0.05, 0.1) is 23.5 Å². The van der Waals surface area contributed by atoms with Crippen LogP contribution in [0.15, 0.2) is 127 Å². The standard InChI is InChI=1S/C36H21N5S2/c1-2-4-31-22(3-1)5-8-27-18-25(10-14-32(27)31)23-6-7-26-19-28(11-9-24(26)17-23)41(29-12-15-33-35(20-29)39-42-37-33)30-13-16-34-36(21-30)40-43-38-34/h1-21H. The molecule has 0 radical (unpaired) electrons. The van der Waals surface area contributed by atoms with E-state index in [0.717, 1.165) is 39.1 Å². The average Bonchev–Trinajstić information content (AvgIpc) is 3.73. The third kappa shape index (κ3) is 4.13. The van der Waals surface area contributed by atoms with Crippen LogP contribution < -0.4 is 4.90 Å². The van der Waals surface area contributed by atoms with Crippen LogP contribution in [0.3, 0.4) is 0 Å². The van der Waals surface area contributed by atoms with Crippen LogP contribution in [0.25, 0.3) is 65.5 Å². The second-order valence-electron chi connectivity index (χ2n) is 10.7. The molecule has 0 aliphatic rings. The molecule has 0 saturated heterocycles. The first-order valence-corrected chi connectivity index (χ1v) is 15.4. The summed E-state index contributed by atoms with van der Waals surface area (Å²) < 4.78 is 17.8. The molecule has 0 saturated carbocycles. The number of nitrogens with zero attached hydrogens (tertiary/aromatic N) is 5. The molecule has 0 unspecified atom stereocenters. The average molecular weight is 588 g/mol. The molecule has 202 valence electrons. The van der Waals surface area contributed by atoms with Gasteiger partial charge in [-0.2, -0.15) is 17.5 Å². The molecular formula is C36H21N5S2. The lowest BCUT2D eigenvalue weighted by atomic mass is 9.96. The van der Waals surface area contributed by atoms with Crippen molar-refractivity contribution >= 4 is 94.9 Å². The maximum Gasteiger partial charge on any atom is 0.106 e. The van der Waals surface area contributed by atoms with Crippen LogP contribution in [-0.4, -0.2) is 17.5 Å². The fourth-order valence-corrected chi connectivity index (χ4v) is 7.05. The molecule has 0 aliphatic heterocycles. The van der Waals surface area contributed by atoms with Gasteiger partial charge < -0.3 is 4.90 Å². The summed E-state index contributed by atoms with van der Waals surface area (Å²) in [5, 5.41) is 7.46. The van der Waals surface area contributed by atoms with Gasteiger partial charge in [0, 0.05) is 17.1 Å². The zero-order chi connectivity index (χ0) is 28.3. The van der Waals surface area contributed by atoms with E-state index in [2.05, 4.69) is 138 Å². The van der Waals surface area contributed by atoms with Gasteiger partial charge in [-0.05, 0) is 104 Å². The first-order chi connectivity index (χ1) is 21.3. The van der Waals surface area contributed by atoms with Gasteiger partial charge in [-0.15, -0.1) is 0 Å². The summed E-state index contributed by atoms with van der Waals surface area (Å²) >= 11 is 2.47. The lowest BCUT2D eigenvalue weighted by Gasteiger charge is -2.25. The molecule has 0 aliphatic carbocycles. The molecule has 9 aromatic rings. The highest BCUT2D eigenvalue weighted by Crippen LogP contribution is 2.39.